The number of alkyl carbamates (subject to hydrolysis) is 1. The molecule has 2 aliphatic rings. The van der Waals surface area contributed by atoms with Crippen molar-refractivity contribution in [3.63, 3.8) is 0 Å². The number of carbonyl (C=O) groups excluding carboxylic acids is 1. The van der Waals surface area contributed by atoms with Crippen LogP contribution >= 0.6 is 11.3 Å². The van der Waals surface area contributed by atoms with Gasteiger partial charge in [-0.05, 0) is 58.4 Å². The number of amides is 1. The molecule has 2 N–H and O–H groups in total. The number of aromatic nitrogens is 2. The van der Waals surface area contributed by atoms with Gasteiger partial charge in [-0.15, -0.1) is 11.3 Å². The molecule has 0 aromatic carbocycles. The van der Waals surface area contributed by atoms with Crippen LogP contribution in [0.4, 0.5) is 4.79 Å². The number of rotatable bonds is 3. The highest BCUT2D eigenvalue weighted by molar-refractivity contribution is 7.18. The number of H-pyrrole nitrogens is 1. The Morgan fingerprint density at radius 1 is 1.32 bits per heavy atom. The van der Waals surface area contributed by atoms with E-state index in [0.29, 0.717) is 6.54 Å². The summed E-state index contributed by atoms with van der Waals surface area (Å²) in [5.41, 5.74) is 0.735. The second-order valence-corrected chi connectivity index (χ2v) is 9.83. The van der Waals surface area contributed by atoms with Gasteiger partial charge in [0.2, 0.25) is 0 Å². The van der Waals surface area contributed by atoms with Crippen LogP contribution in [0, 0.1) is 0 Å². The first kappa shape index (κ1) is 19.4. The SMILES string of the molecule is CC(C)(C)OC(=O)NC1CCN(Cc2nc3sc4c(c3c(=O)[nH]2)CCC4)CC1. The number of hydrogen-bond acceptors (Lipinski definition) is 6. The molecule has 1 aliphatic carbocycles. The molecule has 0 saturated carbocycles. The largest absolute Gasteiger partial charge is 0.444 e. The molecule has 1 fully saturated rings. The average Bonchev–Trinajstić information content (AvgIpc) is 3.15. The lowest BCUT2D eigenvalue weighted by molar-refractivity contribution is 0.0477. The van der Waals surface area contributed by atoms with E-state index >= 15 is 0 Å². The molecule has 8 heteroatoms. The highest BCUT2D eigenvalue weighted by atomic mass is 32.1. The number of piperidine rings is 1. The lowest BCUT2D eigenvalue weighted by atomic mass is 10.1. The van der Waals surface area contributed by atoms with Gasteiger partial charge in [-0.2, -0.15) is 0 Å². The van der Waals surface area contributed by atoms with Crippen LogP contribution in [-0.4, -0.2) is 45.7 Å². The normalized spacial score (nSPS) is 18.4. The molecule has 1 amide bonds. The molecule has 0 radical (unpaired) electrons. The van der Waals surface area contributed by atoms with Crippen molar-refractivity contribution in [1.82, 2.24) is 20.2 Å². The minimum Gasteiger partial charge on any atom is -0.444 e. The maximum Gasteiger partial charge on any atom is 0.407 e. The van der Waals surface area contributed by atoms with E-state index in [9.17, 15) is 9.59 Å². The number of nitrogens with one attached hydrogen (secondary N) is 2. The Morgan fingerprint density at radius 3 is 2.79 bits per heavy atom. The minimum absolute atomic E-state index is 0.000813. The van der Waals surface area contributed by atoms with Crippen LogP contribution in [0.15, 0.2) is 4.79 Å². The fourth-order valence-electron chi connectivity index (χ4n) is 4.04. The van der Waals surface area contributed by atoms with Crippen molar-refractivity contribution >= 4 is 27.6 Å². The molecule has 7 nitrogen and oxygen atoms in total. The van der Waals surface area contributed by atoms with Crippen molar-refractivity contribution in [2.24, 2.45) is 0 Å². The summed E-state index contributed by atoms with van der Waals surface area (Å²) in [6.07, 6.45) is 4.58. The van der Waals surface area contributed by atoms with Crippen molar-refractivity contribution in [1.29, 1.82) is 0 Å². The zero-order valence-electron chi connectivity index (χ0n) is 16.8. The number of aryl methyl sites for hydroxylation is 2. The van der Waals surface area contributed by atoms with Crippen molar-refractivity contribution in [3.8, 4) is 0 Å². The molecule has 0 spiro atoms. The average molecular weight is 405 g/mol. The van der Waals surface area contributed by atoms with Crippen LogP contribution in [-0.2, 0) is 24.1 Å². The molecule has 2 aromatic heterocycles. The van der Waals surface area contributed by atoms with Gasteiger partial charge in [0.15, 0.2) is 0 Å². The Morgan fingerprint density at radius 2 is 2.07 bits per heavy atom. The van der Waals surface area contributed by atoms with Crippen molar-refractivity contribution < 1.29 is 9.53 Å². The van der Waals surface area contributed by atoms with Gasteiger partial charge >= 0.3 is 6.09 Å². The molecule has 3 heterocycles. The standard InChI is InChI=1S/C20H28N4O3S/c1-20(2,3)27-19(26)21-12-7-9-24(10-8-12)11-15-22-17(25)16-13-5-4-6-14(13)28-18(16)23-15/h12H,4-11H2,1-3H3,(H,21,26)(H,22,23,25). The van der Waals surface area contributed by atoms with E-state index in [1.165, 1.54) is 10.4 Å². The third-order valence-corrected chi connectivity index (χ3v) is 6.49. The molecule has 0 unspecified atom stereocenters. The van der Waals surface area contributed by atoms with Crippen LogP contribution in [0.2, 0.25) is 0 Å². The number of likely N-dealkylation sites (tertiary alicyclic amines) is 1. The van der Waals surface area contributed by atoms with E-state index in [-0.39, 0.29) is 17.7 Å². The van der Waals surface area contributed by atoms with Gasteiger partial charge in [0.25, 0.3) is 5.56 Å². The van der Waals surface area contributed by atoms with Crippen LogP contribution in [0.5, 0.6) is 0 Å². The van der Waals surface area contributed by atoms with E-state index in [2.05, 4.69) is 15.2 Å². The fraction of sp³-hybridized carbons (Fsp3) is 0.650. The van der Waals surface area contributed by atoms with Crippen molar-refractivity contribution in [3.05, 3.63) is 26.6 Å². The summed E-state index contributed by atoms with van der Waals surface area (Å²) in [6.45, 7) is 7.92. The Bertz CT molecular complexity index is 935. The third kappa shape index (κ3) is 4.22. The quantitative estimate of drug-likeness (QED) is 0.821. The molecule has 4 rings (SSSR count). The van der Waals surface area contributed by atoms with Gasteiger partial charge < -0.3 is 15.0 Å². The Kier molecular flexibility index (Phi) is 5.18. The van der Waals surface area contributed by atoms with Gasteiger partial charge in [0.1, 0.15) is 16.3 Å². The molecule has 28 heavy (non-hydrogen) atoms. The van der Waals surface area contributed by atoms with E-state index in [4.69, 9.17) is 9.72 Å². The number of nitrogens with zero attached hydrogens (tertiary/aromatic N) is 2. The van der Waals surface area contributed by atoms with Gasteiger partial charge in [-0.1, -0.05) is 0 Å². The summed E-state index contributed by atoms with van der Waals surface area (Å²) in [4.78, 5) is 36.7. The fourth-order valence-corrected chi connectivity index (χ4v) is 5.32. The minimum atomic E-state index is -0.483. The maximum absolute atomic E-state index is 12.6. The van der Waals surface area contributed by atoms with Gasteiger partial charge in [0, 0.05) is 24.0 Å². The Labute approximate surface area is 168 Å². The second kappa shape index (κ2) is 7.48. The van der Waals surface area contributed by atoms with Crippen LogP contribution in [0.3, 0.4) is 0 Å². The summed E-state index contributed by atoms with van der Waals surface area (Å²) >= 11 is 1.68. The smallest absolute Gasteiger partial charge is 0.407 e. The maximum atomic E-state index is 12.6. The Hall–Kier alpha value is -1.93. The molecular formula is C20H28N4O3S. The first-order valence-corrected chi connectivity index (χ1v) is 10.9. The van der Waals surface area contributed by atoms with Crippen molar-refractivity contribution in [2.75, 3.05) is 13.1 Å². The zero-order chi connectivity index (χ0) is 19.9. The molecule has 152 valence electrons. The monoisotopic (exact) mass is 404 g/mol. The summed E-state index contributed by atoms with van der Waals surface area (Å²) in [5, 5.41) is 3.76. The topological polar surface area (TPSA) is 87.3 Å². The molecule has 0 atom stereocenters. The second-order valence-electron chi connectivity index (χ2n) is 8.75. The first-order valence-electron chi connectivity index (χ1n) is 10.0. The first-order chi connectivity index (χ1) is 13.3. The molecular weight excluding hydrogens is 376 g/mol. The highest BCUT2D eigenvalue weighted by Crippen LogP contribution is 2.34. The number of fused-ring (bicyclic) bond motifs is 3. The van der Waals surface area contributed by atoms with Gasteiger partial charge in [-0.25, -0.2) is 9.78 Å². The summed E-state index contributed by atoms with van der Waals surface area (Å²) < 4.78 is 5.33. The Balaban J connectivity index is 1.35. The lowest BCUT2D eigenvalue weighted by Crippen LogP contribution is -2.46. The van der Waals surface area contributed by atoms with Crippen molar-refractivity contribution in [2.45, 2.75) is 71.1 Å². The summed E-state index contributed by atoms with van der Waals surface area (Å²) in [5.74, 6) is 0.732. The predicted molar refractivity (Wildman–Crippen MR) is 110 cm³/mol. The predicted octanol–water partition coefficient (Wildman–Crippen LogP) is 2.96. The molecule has 0 bridgehead atoms. The van der Waals surface area contributed by atoms with Gasteiger partial charge in [-0.3, -0.25) is 9.69 Å². The van der Waals surface area contributed by atoms with Crippen LogP contribution in [0.1, 0.15) is 56.3 Å². The number of hydrogen-bond donors (Lipinski definition) is 2. The van der Waals surface area contributed by atoms with E-state index in [0.717, 1.165) is 61.2 Å². The van der Waals surface area contributed by atoms with Crippen LogP contribution in [0.25, 0.3) is 10.2 Å². The highest BCUT2D eigenvalue weighted by Gasteiger charge is 2.25. The van der Waals surface area contributed by atoms with Crippen LogP contribution < -0.4 is 10.9 Å². The molecule has 1 aliphatic heterocycles. The van der Waals surface area contributed by atoms with E-state index in [1.807, 2.05) is 20.8 Å². The van der Waals surface area contributed by atoms with E-state index in [1.54, 1.807) is 11.3 Å². The summed E-state index contributed by atoms with van der Waals surface area (Å²) in [6, 6.07) is 0.126. The number of aromatic amines is 1. The number of ether oxygens (including phenoxy) is 1. The number of thiophene rings is 1. The van der Waals surface area contributed by atoms with Gasteiger partial charge in [0.05, 0.1) is 11.9 Å². The van der Waals surface area contributed by atoms with E-state index < -0.39 is 5.60 Å². The third-order valence-electron chi connectivity index (χ3n) is 5.31. The zero-order valence-corrected chi connectivity index (χ0v) is 17.6. The number of carbonyl (C=O) groups is 1. The lowest BCUT2D eigenvalue weighted by Gasteiger charge is -2.32. The molecule has 2 aromatic rings. The summed E-state index contributed by atoms with van der Waals surface area (Å²) in [7, 11) is 0. The molecule has 1 saturated heterocycles.